The molecule has 0 bridgehead atoms. The van der Waals surface area contributed by atoms with Gasteiger partial charge in [-0.3, -0.25) is 9.69 Å². The predicted molar refractivity (Wildman–Crippen MR) is 67.0 cm³/mol. The molecule has 17 heavy (non-hydrogen) atoms. The zero-order valence-corrected chi connectivity index (χ0v) is 11.6. The molecule has 0 atom stereocenters. The van der Waals surface area contributed by atoms with Crippen LogP contribution in [0.3, 0.4) is 0 Å². The molecular formula is C11H18N2O3S. The first-order chi connectivity index (χ1) is 7.58. The van der Waals surface area contributed by atoms with E-state index in [9.17, 15) is 9.59 Å². The molecule has 2 N–H and O–H groups in total. The van der Waals surface area contributed by atoms with E-state index in [1.807, 2.05) is 0 Å². The number of rotatable bonds is 0. The van der Waals surface area contributed by atoms with Gasteiger partial charge in [0.1, 0.15) is 11.3 Å². The molecule has 1 amide bonds. The first kappa shape index (κ1) is 13.9. The minimum Gasteiger partial charge on any atom is -0.443 e. The third kappa shape index (κ3) is 2.94. The van der Waals surface area contributed by atoms with Gasteiger partial charge < -0.3 is 10.5 Å². The van der Waals surface area contributed by atoms with Crippen LogP contribution in [0.25, 0.3) is 0 Å². The number of thioether (sulfide) groups is 1. The molecule has 1 aliphatic rings. The minimum absolute atomic E-state index is 0.175. The van der Waals surface area contributed by atoms with Gasteiger partial charge in [-0.05, 0) is 34.6 Å². The Morgan fingerprint density at radius 2 is 2.00 bits per heavy atom. The Bertz CT molecular complexity index is 383. The molecule has 96 valence electrons. The standard InChI is InChI=1S/C11H18N2O3S/c1-10(2,3)16-9(15)13-7(6-12)8(14)17-11(13,4)5/h6H,12H2,1-5H3. The first-order valence-electron chi connectivity index (χ1n) is 5.27. The van der Waals surface area contributed by atoms with Gasteiger partial charge in [0, 0.05) is 6.20 Å². The lowest BCUT2D eigenvalue weighted by Gasteiger charge is -2.31. The Kier molecular flexibility index (Phi) is 3.47. The summed E-state index contributed by atoms with van der Waals surface area (Å²) in [5.41, 5.74) is 4.96. The molecule has 0 aromatic carbocycles. The van der Waals surface area contributed by atoms with Crippen LogP contribution in [0.1, 0.15) is 34.6 Å². The lowest BCUT2D eigenvalue weighted by Crippen LogP contribution is -2.43. The normalized spacial score (nSPS) is 22.1. The van der Waals surface area contributed by atoms with Crippen LogP contribution >= 0.6 is 11.8 Å². The van der Waals surface area contributed by atoms with Crippen LogP contribution < -0.4 is 5.73 Å². The fourth-order valence-electron chi connectivity index (χ4n) is 1.47. The minimum atomic E-state index is -0.676. The fourth-order valence-corrected chi connectivity index (χ4v) is 2.46. The van der Waals surface area contributed by atoms with Gasteiger partial charge in [-0.15, -0.1) is 0 Å². The van der Waals surface area contributed by atoms with E-state index in [1.54, 1.807) is 34.6 Å². The molecule has 1 aliphatic heterocycles. The zero-order chi connectivity index (χ0) is 13.4. The van der Waals surface area contributed by atoms with Crippen LogP contribution in [-0.2, 0) is 9.53 Å². The molecule has 6 heteroatoms. The highest BCUT2D eigenvalue weighted by molar-refractivity contribution is 8.15. The largest absolute Gasteiger partial charge is 0.443 e. The van der Waals surface area contributed by atoms with Crippen molar-refractivity contribution in [2.24, 2.45) is 5.73 Å². The second-order valence-corrected chi connectivity index (χ2v) is 6.78. The van der Waals surface area contributed by atoms with Gasteiger partial charge in [-0.2, -0.15) is 0 Å². The molecule has 1 fully saturated rings. The van der Waals surface area contributed by atoms with Crippen LogP contribution in [0.5, 0.6) is 0 Å². The highest BCUT2D eigenvalue weighted by Crippen LogP contribution is 2.42. The second kappa shape index (κ2) is 4.25. The molecule has 0 aliphatic carbocycles. The van der Waals surface area contributed by atoms with Crippen LogP contribution in [0.2, 0.25) is 0 Å². The van der Waals surface area contributed by atoms with Gasteiger partial charge in [0.05, 0.1) is 4.87 Å². The number of nitrogens with two attached hydrogens (primary N) is 1. The number of ether oxygens (including phenoxy) is 1. The number of carbonyl (C=O) groups excluding carboxylic acids is 2. The molecule has 0 aromatic heterocycles. The molecule has 0 unspecified atom stereocenters. The monoisotopic (exact) mass is 258 g/mol. The quantitative estimate of drug-likeness (QED) is 0.673. The zero-order valence-electron chi connectivity index (χ0n) is 10.7. The van der Waals surface area contributed by atoms with Crippen molar-refractivity contribution in [3.05, 3.63) is 11.9 Å². The fraction of sp³-hybridized carbons (Fsp3) is 0.636. The summed E-state index contributed by atoms with van der Waals surface area (Å²) in [6, 6.07) is 0. The van der Waals surface area contributed by atoms with Crippen molar-refractivity contribution < 1.29 is 14.3 Å². The van der Waals surface area contributed by atoms with Crippen molar-refractivity contribution in [1.82, 2.24) is 4.90 Å². The van der Waals surface area contributed by atoms with Crippen LogP contribution in [0.15, 0.2) is 11.9 Å². The summed E-state index contributed by atoms with van der Waals surface area (Å²) in [5.74, 6) is 0. The van der Waals surface area contributed by atoms with Crippen LogP contribution in [0, 0.1) is 0 Å². The number of hydrogen-bond acceptors (Lipinski definition) is 5. The van der Waals surface area contributed by atoms with E-state index >= 15 is 0 Å². The Morgan fingerprint density at radius 3 is 2.41 bits per heavy atom. The third-order valence-electron chi connectivity index (χ3n) is 2.06. The molecule has 0 radical (unpaired) electrons. The van der Waals surface area contributed by atoms with E-state index in [1.165, 1.54) is 4.90 Å². The Morgan fingerprint density at radius 1 is 1.47 bits per heavy atom. The predicted octanol–water partition coefficient (Wildman–Crippen LogP) is 2.03. The Hall–Kier alpha value is -1.17. The average molecular weight is 258 g/mol. The van der Waals surface area contributed by atoms with E-state index in [4.69, 9.17) is 10.5 Å². The summed E-state index contributed by atoms with van der Waals surface area (Å²) >= 11 is 1.06. The van der Waals surface area contributed by atoms with Crippen molar-refractivity contribution in [3.8, 4) is 0 Å². The summed E-state index contributed by atoms with van der Waals surface area (Å²) in [6.45, 7) is 8.87. The van der Waals surface area contributed by atoms with Gasteiger partial charge in [-0.25, -0.2) is 4.79 Å². The Balaban J connectivity index is 3.02. The second-order valence-electron chi connectivity index (χ2n) is 5.20. The molecule has 1 heterocycles. The maximum absolute atomic E-state index is 12.0. The molecule has 1 saturated heterocycles. The lowest BCUT2D eigenvalue weighted by atomic mass is 10.2. The summed E-state index contributed by atoms with van der Waals surface area (Å²) in [6.07, 6.45) is 0.589. The maximum atomic E-state index is 12.0. The van der Waals surface area contributed by atoms with E-state index in [-0.39, 0.29) is 10.8 Å². The van der Waals surface area contributed by atoms with Crippen molar-refractivity contribution in [2.45, 2.75) is 45.1 Å². The summed E-state index contributed by atoms with van der Waals surface area (Å²) < 4.78 is 5.26. The van der Waals surface area contributed by atoms with Crippen molar-refractivity contribution >= 4 is 23.0 Å². The van der Waals surface area contributed by atoms with Gasteiger partial charge in [0.2, 0.25) is 5.12 Å². The van der Waals surface area contributed by atoms with E-state index < -0.39 is 16.6 Å². The molecule has 0 spiro atoms. The van der Waals surface area contributed by atoms with E-state index in [0.29, 0.717) is 0 Å². The summed E-state index contributed by atoms with van der Waals surface area (Å²) in [4.78, 5) is 24.3. The maximum Gasteiger partial charge on any atom is 0.416 e. The van der Waals surface area contributed by atoms with Crippen LogP contribution in [0.4, 0.5) is 4.79 Å². The van der Waals surface area contributed by atoms with Gasteiger partial charge in [0.25, 0.3) is 0 Å². The molecule has 0 aromatic rings. The van der Waals surface area contributed by atoms with Crippen LogP contribution in [-0.4, -0.2) is 26.6 Å². The van der Waals surface area contributed by atoms with Gasteiger partial charge in [0.15, 0.2) is 0 Å². The SMILES string of the molecule is CC(C)(C)OC(=O)N1C(=CN)C(=O)SC1(C)C. The topological polar surface area (TPSA) is 72.6 Å². The summed E-state index contributed by atoms with van der Waals surface area (Å²) in [5, 5.41) is -0.219. The number of nitrogens with zero attached hydrogens (tertiary/aromatic N) is 1. The van der Waals surface area contributed by atoms with Gasteiger partial charge >= 0.3 is 6.09 Å². The number of amides is 1. The highest BCUT2D eigenvalue weighted by Gasteiger charge is 2.47. The molecule has 0 saturated carbocycles. The first-order valence-corrected chi connectivity index (χ1v) is 6.08. The molecule has 5 nitrogen and oxygen atoms in total. The van der Waals surface area contributed by atoms with E-state index in [0.717, 1.165) is 18.0 Å². The van der Waals surface area contributed by atoms with Crippen molar-refractivity contribution in [1.29, 1.82) is 0 Å². The number of hydrogen-bond donors (Lipinski definition) is 1. The van der Waals surface area contributed by atoms with Crippen molar-refractivity contribution in [2.75, 3.05) is 0 Å². The molecule has 1 rings (SSSR count). The highest BCUT2D eigenvalue weighted by atomic mass is 32.2. The van der Waals surface area contributed by atoms with Gasteiger partial charge in [-0.1, -0.05) is 11.8 Å². The van der Waals surface area contributed by atoms with Crippen molar-refractivity contribution in [3.63, 3.8) is 0 Å². The number of carbonyl (C=O) groups is 2. The Labute approximate surface area is 105 Å². The van der Waals surface area contributed by atoms with E-state index in [2.05, 4.69) is 0 Å². The summed E-state index contributed by atoms with van der Waals surface area (Å²) in [7, 11) is 0. The smallest absolute Gasteiger partial charge is 0.416 e. The molecular weight excluding hydrogens is 240 g/mol. The average Bonchev–Trinajstić information content (AvgIpc) is 2.31. The third-order valence-corrected chi connectivity index (χ3v) is 3.14. The lowest BCUT2D eigenvalue weighted by molar-refractivity contribution is -0.108.